The Morgan fingerprint density at radius 1 is 0.897 bits per heavy atom. The van der Waals surface area contributed by atoms with Crippen LogP contribution in [-0.4, -0.2) is 41.1 Å². The molecule has 2 heterocycles. The lowest BCUT2D eigenvalue weighted by Crippen LogP contribution is -2.15. The highest BCUT2D eigenvalue weighted by Gasteiger charge is 2.17. The standard InChI is InChI=1S/C20H24O8S/c1-12-9-15-10-16-13(2)17(20(21)28-19(16)14(3)18(15)27-12)11-25-6-5-24-7-8-26-29(4,22)23/h9-10H,5-8,11H2,1-4H3. The van der Waals surface area contributed by atoms with Crippen molar-refractivity contribution in [2.75, 3.05) is 32.7 Å². The van der Waals surface area contributed by atoms with E-state index in [-0.39, 0.29) is 33.0 Å². The van der Waals surface area contributed by atoms with Crippen LogP contribution in [0.15, 0.2) is 25.8 Å². The van der Waals surface area contributed by atoms with Crippen LogP contribution in [0.4, 0.5) is 0 Å². The zero-order valence-electron chi connectivity index (χ0n) is 16.9. The highest BCUT2D eigenvalue weighted by Crippen LogP contribution is 2.31. The normalized spacial score (nSPS) is 12.3. The molecule has 0 unspecified atom stereocenters. The molecule has 0 spiro atoms. The molecule has 158 valence electrons. The second-order valence-corrected chi connectivity index (χ2v) is 8.48. The molecular weight excluding hydrogens is 400 g/mol. The van der Waals surface area contributed by atoms with Gasteiger partial charge in [0.25, 0.3) is 10.1 Å². The molecule has 0 aliphatic carbocycles. The zero-order chi connectivity index (χ0) is 21.2. The maximum absolute atomic E-state index is 12.5. The van der Waals surface area contributed by atoms with Crippen molar-refractivity contribution < 1.29 is 30.9 Å². The van der Waals surface area contributed by atoms with Gasteiger partial charge in [0.1, 0.15) is 16.9 Å². The number of fused-ring (bicyclic) bond motifs is 2. The van der Waals surface area contributed by atoms with Crippen LogP contribution >= 0.6 is 0 Å². The van der Waals surface area contributed by atoms with E-state index >= 15 is 0 Å². The van der Waals surface area contributed by atoms with Gasteiger partial charge in [-0.3, -0.25) is 4.18 Å². The molecule has 0 amide bonds. The summed E-state index contributed by atoms with van der Waals surface area (Å²) >= 11 is 0. The predicted molar refractivity (Wildman–Crippen MR) is 108 cm³/mol. The summed E-state index contributed by atoms with van der Waals surface area (Å²) in [5.74, 6) is 0.795. The first-order valence-electron chi connectivity index (χ1n) is 9.13. The lowest BCUT2D eigenvalue weighted by Gasteiger charge is -2.10. The molecule has 0 N–H and O–H groups in total. The molecule has 0 fully saturated rings. The van der Waals surface area contributed by atoms with Crippen LogP contribution in [0.5, 0.6) is 0 Å². The number of ether oxygens (including phenoxy) is 2. The summed E-state index contributed by atoms with van der Waals surface area (Å²) in [6, 6.07) is 3.91. The van der Waals surface area contributed by atoms with Crippen molar-refractivity contribution in [3.63, 3.8) is 0 Å². The smallest absolute Gasteiger partial charge is 0.342 e. The van der Waals surface area contributed by atoms with Crippen molar-refractivity contribution >= 4 is 32.1 Å². The van der Waals surface area contributed by atoms with E-state index < -0.39 is 15.7 Å². The van der Waals surface area contributed by atoms with Gasteiger partial charge in [-0.2, -0.15) is 8.42 Å². The number of rotatable bonds is 9. The second kappa shape index (κ2) is 8.66. The summed E-state index contributed by atoms with van der Waals surface area (Å²) < 4.78 is 48.3. The van der Waals surface area contributed by atoms with E-state index in [0.29, 0.717) is 11.1 Å². The van der Waals surface area contributed by atoms with E-state index in [4.69, 9.17) is 18.3 Å². The van der Waals surface area contributed by atoms with E-state index in [2.05, 4.69) is 4.18 Å². The van der Waals surface area contributed by atoms with E-state index in [1.165, 1.54) is 0 Å². The van der Waals surface area contributed by atoms with Crippen molar-refractivity contribution in [2.24, 2.45) is 0 Å². The molecule has 0 aliphatic rings. The van der Waals surface area contributed by atoms with Crippen LogP contribution < -0.4 is 5.63 Å². The van der Waals surface area contributed by atoms with Crippen LogP contribution in [0.1, 0.15) is 22.5 Å². The van der Waals surface area contributed by atoms with Crippen LogP contribution in [-0.2, 0) is 30.4 Å². The average Bonchev–Trinajstić information content (AvgIpc) is 3.01. The van der Waals surface area contributed by atoms with Gasteiger partial charge in [-0.05, 0) is 38.5 Å². The summed E-state index contributed by atoms with van der Waals surface area (Å²) in [5.41, 5.74) is 2.86. The highest BCUT2D eigenvalue weighted by molar-refractivity contribution is 7.85. The fourth-order valence-corrected chi connectivity index (χ4v) is 3.52. The Morgan fingerprint density at radius 3 is 2.31 bits per heavy atom. The number of benzene rings is 1. The van der Waals surface area contributed by atoms with Gasteiger partial charge in [-0.15, -0.1) is 0 Å². The molecule has 3 aromatic rings. The third-order valence-corrected chi connectivity index (χ3v) is 5.15. The second-order valence-electron chi connectivity index (χ2n) is 6.84. The Balaban J connectivity index is 1.66. The lowest BCUT2D eigenvalue weighted by atomic mass is 10.0. The SMILES string of the molecule is Cc1cc2cc3c(C)c(COCCOCCOS(C)(=O)=O)c(=O)oc3c(C)c2o1. The number of aryl methyl sites for hydroxylation is 3. The van der Waals surface area contributed by atoms with Crippen LogP contribution in [0.2, 0.25) is 0 Å². The van der Waals surface area contributed by atoms with Gasteiger partial charge >= 0.3 is 5.63 Å². The Bertz CT molecular complexity index is 1190. The fraction of sp³-hybridized carbons (Fsp3) is 0.450. The molecule has 9 heteroatoms. The largest absolute Gasteiger partial charge is 0.461 e. The minimum Gasteiger partial charge on any atom is -0.461 e. The molecule has 0 bridgehead atoms. The van der Waals surface area contributed by atoms with Crippen molar-refractivity contribution in [3.8, 4) is 0 Å². The minimum absolute atomic E-state index is 0.0481. The molecule has 29 heavy (non-hydrogen) atoms. The monoisotopic (exact) mass is 424 g/mol. The first-order chi connectivity index (χ1) is 13.7. The summed E-state index contributed by atoms with van der Waals surface area (Å²) in [7, 11) is -3.46. The van der Waals surface area contributed by atoms with Gasteiger partial charge in [-0.25, -0.2) is 4.79 Å². The molecule has 1 aromatic carbocycles. The predicted octanol–water partition coefficient (Wildman–Crippen LogP) is 2.97. The molecular formula is C20H24O8S. The molecule has 0 radical (unpaired) electrons. The Hall–Kier alpha value is -2.20. The third kappa shape index (κ3) is 5.05. The first kappa shape index (κ1) is 21.5. The van der Waals surface area contributed by atoms with Crippen molar-refractivity contribution in [1.82, 2.24) is 0 Å². The first-order valence-corrected chi connectivity index (χ1v) is 10.9. The van der Waals surface area contributed by atoms with Gasteiger partial charge in [-0.1, -0.05) is 0 Å². The number of hydrogen-bond acceptors (Lipinski definition) is 8. The maximum Gasteiger partial charge on any atom is 0.342 e. The molecule has 0 aliphatic heterocycles. The van der Waals surface area contributed by atoms with Gasteiger partial charge < -0.3 is 18.3 Å². The summed E-state index contributed by atoms with van der Waals surface area (Å²) in [5, 5.41) is 1.81. The summed E-state index contributed by atoms with van der Waals surface area (Å²) in [4.78, 5) is 12.5. The minimum atomic E-state index is -3.46. The fourth-order valence-electron chi connectivity index (χ4n) is 3.15. The number of furan rings is 1. The average molecular weight is 424 g/mol. The number of hydrogen-bond donors (Lipinski definition) is 0. The van der Waals surface area contributed by atoms with E-state index in [9.17, 15) is 13.2 Å². The van der Waals surface area contributed by atoms with Gasteiger partial charge in [0, 0.05) is 16.3 Å². The van der Waals surface area contributed by atoms with Crippen LogP contribution in [0.25, 0.3) is 21.9 Å². The van der Waals surface area contributed by atoms with Crippen LogP contribution in [0, 0.1) is 20.8 Å². The quantitative estimate of drug-likeness (QED) is 0.293. The van der Waals surface area contributed by atoms with Crippen molar-refractivity contribution in [2.45, 2.75) is 27.4 Å². The molecule has 8 nitrogen and oxygen atoms in total. The van der Waals surface area contributed by atoms with E-state index in [1.807, 2.05) is 32.9 Å². The van der Waals surface area contributed by atoms with E-state index in [0.717, 1.165) is 39.5 Å². The zero-order valence-corrected chi connectivity index (χ0v) is 17.7. The molecule has 0 saturated heterocycles. The Labute approximate surface area is 168 Å². The van der Waals surface area contributed by atoms with Gasteiger partial charge in [0.2, 0.25) is 0 Å². The topological polar surface area (TPSA) is 105 Å². The van der Waals surface area contributed by atoms with E-state index in [1.54, 1.807) is 0 Å². The Kier molecular flexibility index (Phi) is 6.42. The lowest BCUT2D eigenvalue weighted by molar-refractivity contribution is 0.0303. The van der Waals surface area contributed by atoms with Gasteiger partial charge in [0.05, 0.1) is 44.9 Å². The third-order valence-electron chi connectivity index (χ3n) is 4.55. The van der Waals surface area contributed by atoms with Crippen LogP contribution in [0.3, 0.4) is 0 Å². The Morgan fingerprint density at radius 2 is 1.59 bits per heavy atom. The molecule has 3 rings (SSSR count). The van der Waals surface area contributed by atoms with Crippen molar-refractivity contribution in [1.29, 1.82) is 0 Å². The molecule has 0 saturated carbocycles. The van der Waals surface area contributed by atoms with Gasteiger partial charge in [0.15, 0.2) is 0 Å². The van der Waals surface area contributed by atoms with Crippen molar-refractivity contribution in [3.05, 3.63) is 45.0 Å². The molecule has 2 aromatic heterocycles. The maximum atomic E-state index is 12.5. The highest BCUT2D eigenvalue weighted by atomic mass is 32.2. The summed E-state index contributed by atoms with van der Waals surface area (Å²) in [6.07, 6.45) is 0.980. The molecule has 0 atom stereocenters. The summed E-state index contributed by atoms with van der Waals surface area (Å²) in [6.45, 7) is 6.29.